The second kappa shape index (κ2) is 5.54. The Kier molecular flexibility index (Phi) is 4.04. The van der Waals surface area contributed by atoms with Gasteiger partial charge in [0, 0.05) is 27.7 Å². The molecule has 0 aliphatic heterocycles. The topological polar surface area (TPSA) is 63.9 Å². The molecule has 4 nitrogen and oxygen atoms in total. The fourth-order valence-electron chi connectivity index (χ4n) is 2.03. The van der Waals surface area contributed by atoms with Gasteiger partial charge in [-0.2, -0.15) is 5.10 Å². The number of nitrogens with zero attached hydrogens (tertiary/aromatic N) is 1. The molecule has 0 atom stereocenters. The summed E-state index contributed by atoms with van der Waals surface area (Å²) in [5, 5.41) is 7.33. The molecule has 1 aromatic carbocycles. The van der Waals surface area contributed by atoms with Crippen LogP contribution in [-0.4, -0.2) is 23.9 Å². The van der Waals surface area contributed by atoms with Crippen LogP contribution in [0, 0.1) is 6.92 Å². The molecule has 0 saturated carbocycles. The average Bonchev–Trinajstić information content (AvgIpc) is 2.71. The van der Waals surface area contributed by atoms with Gasteiger partial charge in [0.15, 0.2) is 0 Å². The summed E-state index contributed by atoms with van der Waals surface area (Å²) in [5.74, 6) is 0.834. The number of benzene rings is 1. The van der Waals surface area contributed by atoms with Crippen molar-refractivity contribution in [3.8, 4) is 16.9 Å². The monoisotopic (exact) mass is 309 g/mol. The average molecular weight is 310 g/mol. The van der Waals surface area contributed by atoms with E-state index in [1.165, 1.54) is 0 Å². The number of hydrogen-bond donors (Lipinski definition) is 2. The quantitative estimate of drug-likeness (QED) is 0.912. The molecule has 5 heteroatoms. The zero-order valence-electron chi connectivity index (χ0n) is 10.5. The summed E-state index contributed by atoms with van der Waals surface area (Å²) in [5.41, 5.74) is 9.74. The lowest BCUT2D eigenvalue weighted by atomic mass is 10.0. The number of aryl methyl sites for hydroxylation is 1. The largest absolute Gasteiger partial charge is 0.496 e. The van der Waals surface area contributed by atoms with Gasteiger partial charge in [-0.15, -0.1) is 0 Å². The van der Waals surface area contributed by atoms with Crippen LogP contribution in [0.2, 0.25) is 0 Å². The Morgan fingerprint density at radius 1 is 1.44 bits per heavy atom. The van der Waals surface area contributed by atoms with E-state index >= 15 is 0 Å². The molecule has 18 heavy (non-hydrogen) atoms. The number of aromatic nitrogens is 2. The molecule has 0 saturated heterocycles. The van der Waals surface area contributed by atoms with E-state index in [1.54, 1.807) is 7.11 Å². The molecule has 0 unspecified atom stereocenters. The molecule has 0 aliphatic carbocycles. The minimum absolute atomic E-state index is 0.577. The van der Waals surface area contributed by atoms with Gasteiger partial charge in [-0.3, -0.25) is 5.10 Å². The van der Waals surface area contributed by atoms with Crippen molar-refractivity contribution < 1.29 is 4.74 Å². The zero-order valence-corrected chi connectivity index (χ0v) is 12.0. The van der Waals surface area contributed by atoms with Crippen molar-refractivity contribution in [1.82, 2.24) is 10.2 Å². The number of nitrogens with two attached hydrogens (primary N) is 1. The summed E-state index contributed by atoms with van der Waals surface area (Å²) in [4.78, 5) is 0. The third kappa shape index (κ3) is 2.42. The Labute approximate surface area is 115 Å². The van der Waals surface area contributed by atoms with E-state index < -0.39 is 0 Å². The molecule has 0 amide bonds. The zero-order chi connectivity index (χ0) is 13.1. The number of halogens is 1. The minimum Gasteiger partial charge on any atom is -0.496 e. The third-order valence-corrected chi connectivity index (χ3v) is 3.33. The Balaban J connectivity index is 2.60. The van der Waals surface area contributed by atoms with Gasteiger partial charge in [0.25, 0.3) is 0 Å². The molecule has 0 radical (unpaired) electrons. The van der Waals surface area contributed by atoms with Gasteiger partial charge in [0.05, 0.1) is 12.8 Å². The van der Waals surface area contributed by atoms with Crippen molar-refractivity contribution in [2.75, 3.05) is 13.7 Å². The van der Waals surface area contributed by atoms with Crippen LogP contribution in [0.4, 0.5) is 0 Å². The number of nitrogens with one attached hydrogen (secondary N) is 1. The van der Waals surface area contributed by atoms with E-state index in [0.717, 1.165) is 39.2 Å². The molecule has 1 aromatic heterocycles. The maximum absolute atomic E-state index is 5.62. The van der Waals surface area contributed by atoms with Gasteiger partial charge in [-0.05, 0) is 31.7 Å². The summed E-state index contributed by atoms with van der Waals surface area (Å²) in [6.45, 7) is 2.58. The van der Waals surface area contributed by atoms with Crippen LogP contribution in [-0.2, 0) is 6.42 Å². The van der Waals surface area contributed by atoms with Crippen molar-refractivity contribution in [2.45, 2.75) is 13.3 Å². The second-order valence-corrected chi connectivity index (χ2v) is 4.97. The van der Waals surface area contributed by atoms with Crippen LogP contribution in [0.5, 0.6) is 5.75 Å². The summed E-state index contributed by atoms with van der Waals surface area (Å²) < 4.78 is 6.43. The summed E-state index contributed by atoms with van der Waals surface area (Å²) in [6, 6.07) is 5.94. The fraction of sp³-hybridized carbons (Fsp3) is 0.308. The van der Waals surface area contributed by atoms with Crippen molar-refractivity contribution >= 4 is 15.9 Å². The maximum atomic E-state index is 5.62. The van der Waals surface area contributed by atoms with Gasteiger partial charge in [-0.25, -0.2) is 0 Å². The van der Waals surface area contributed by atoms with Crippen molar-refractivity contribution in [1.29, 1.82) is 0 Å². The second-order valence-electron chi connectivity index (χ2n) is 4.05. The predicted molar refractivity (Wildman–Crippen MR) is 75.8 cm³/mol. The molecule has 0 bridgehead atoms. The summed E-state index contributed by atoms with van der Waals surface area (Å²) >= 11 is 3.49. The highest BCUT2D eigenvalue weighted by Gasteiger charge is 2.16. The molecule has 3 N–H and O–H groups in total. The first kappa shape index (κ1) is 13.1. The van der Waals surface area contributed by atoms with Crippen LogP contribution in [0.3, 0.4) is 0 Å². The third-order valence-electron chi connectivity index (χ3n) is 2.83. The smallest absolute Gasteiger partial charge is 0.126 e. The lowest BCUT2D eigenvalue weighted by Gasteiger charge is -2.10. The van der Waals surface area contributed by atoms with Crippen molar-refractivity contribution in [2.24, 2.45) is 5.73 Å². The van der Waals surface area contributed by atoms with Gasteiger partial charge in [-0.1, -0.05) is 15.9 Å². The van der Waals surface area contributed by atoms with Crippen LogP contribution in [0.15, 0.2) is 22.7 Å². The molecule has 0 aliphatic rings. The molecule has 0 spiro atoms. The predicted octanol–water partition coefficient (Wildman–Crippen LogP) is 2.66. The van der Waals surface area contributed by atoms with Gasteiger partial charge in [0.1, 0.15) is 5.75 Å². The molecular weight excluding hydrogens is 294 g/mol. The standard InChI is InChI=1S/C13H16BrN3O/c1-8-13(11(5-6-15)17-16-8)10-7-9(14)3-4-12(10)18-2/h3-4,7H,5-6,15H2,1-2H3,(H,16,17). The van der Waals surface area contributed by atoms with E-state index in [2.05, 4.69) is 26.1 Å². The maximum Gasteiger partial charge on any atom is 0.126 e. The molecule has 1 heterocycles. The van der Waals surface area contributed by atoms with E-state index in [-0.39, 0.29) is 0 Å². The Hall–Kier alpha value is -1.33. The van der Waals surface area contributed by atoms with Crippen molar-refractivity contribution in [3.63, 3.8) is 0 Å². The summed E-state index contributed by atoms with van der Waals surface area (Å²) in [6.07, 6.45) is 0.745. The highest BCUT2D eigenvalue weighted by Crippen LogP contribution is 2.35. The van der Waals surface area contributed by atoms with Gasteiger partial charge >= 0.3 is 0 Å². The van der Waals surface area contributed by atoms with Crippen molar-refractivity contribution in [3.05, 3.63) is 34.1 Å². The van der Waals surface area contributed by atoms with E-state index in [0.29, 0.717) is 6.54 Å². The molecule has 96 valence electrons. The lowest BCUT2D eigenvalue weighted by Crippen LogP contribution is -2.04. The van der Waals surface area contributed by atoms with E-state index in [9.17, 15) is 0 Å². The molecule has 0 fully saturated rings. The molecule has 2 aromatic rings. The lowest BCUT2D eigenvalue weighted by molar-refractivity contribution is 0.416. The number of H-pyrrole nitrogens is 1. The SMILES string of the molecule is COc1ccc(Br)cc1-c1c(CCN)n[nH]c1C. The first-order valence-electron chi connectivity index (χ1n) is 5.75. The Bertz CT molecular complexity index is 551. The van der Waals surface area contributed by atoms with Crippen LogP contribution in [0.25, 0.3) is 11.1 Å². The number of methoxy groups -OCH3 is 1. The summed E-state index contributed by atoms with van der Waals surface area (Å²) in [7, 11) is 1.67. The first-order chi connectivity index (χ1) is 8.67. The number of ether oxygens (including phenoxy) is 1. The minimum atomic E-state index is 0.577. The Morgan fingerprint density at radius 3 is 2.89 bits per heavy atom. The van der Waals surface area contributed by atoms with E-state index in [1.807, 2.05) is 25.1 Å². The number of hydrogen-bond acceptors (Lipinski definition) is 3. The Morgan fingerprint density at radius 2 is 2.22 bits per heavy atom. The fourth-order valence-corrected chi connectivity index (χ4v) is 2.39. The van der Waals surface area contributed by atoms with Crippen LogP contribution >= 0.6 is 15.9 Å². The van der Waals surface area contributed by atoms with Gasteiger partial charge in [0.2, 0.25) is 0 Å². The highest BCUT2D eigenvalue weighted by molar-refractivity contribution is 9.10. The number of aromatic amines is 1. The highest BCUT2D eigenvalue weighted by atomic mass is 79.9. The molecule has 2 rings (SSSR count). The first-order valence-corrected chi connectivity index (χ1v) is 6.54. The van der Waals surface area contributed by atoms with Crippen LogP contribution < -0.4 is 10.5 Å². The van der Waals surface area contributed by atoms with E-state index in [4.69, 9.17) is 10.5 Å². The normalized spacial score (nSPS) is 10.7. The molecular formula is C13H16BrN3O. The number of rotatable bonds is 4. The van der Waals surface area contributed by atoms with Crippen LogP contribution in [0.1, 0.15) is 11.4 Å². The van der Waals surface area contributed by atoms with Gasteiger partial charge < -0.3 is 10.5 Å².